The van der Waals surface area contributed by atoms with Crippen molar-refractivity contribution in [2.24, 2.45) is 0 Å². The van der Waals surface area contributed by atoms with Gasteiger partial charge in [-0.1, -0.05) is 18.7 Å². The van der Waals surface area contributed by atoms with Gasteiger partial charge in [0.15, 0.2) is 11.0 Å². The number of hydrogen-bond donors (Lipinski definition) is 2. The number of aromatic nitrogens is 6. The molecule has 0 unspecified atom stereocenters. The average Bonchev–Trinajstić information content (AvgIpc) is 3.51. The zero-order chi connectivity index (χ0) is 21.4. The van der Waals surface area contributed by atoms with Crippen LogP contribution in [0.3, 0.4) is 0 Å². The number of pyridine rings is 2. The molecule has 0 saturated heterocycles. The zero-order valence-electron chi connectivity index (χ0n) is 16.6. The molecule has 31 heavy (non-hydrogen) atoms. The van der Waals surface area contributed by atoms with Crippen molar-refractivity contribution >= 4 is 40.1 Å². The SMILES string of the molecule is C=C(/C=c1/c(-c2nc3c(-c4ccc(F)s4)cncc3[nH]2)n[nH]/c1=C/C)c1cccnc1. The number of allylic oxidation sites excluding steroid dienone is 1. The predicted molar refractivity (Wildman–Crippen MR) is 122 cm³/mol. The fourth-order valence-electron chi connectivity index (χ4n) is 3.41. The summed E-state index contributed by atoms with van der Waals surface area (Å²) in [6.45, 7) is 6.12. The van der Waals surface area contributed by atoms with Gasteiger partial charge in [0.25, 0.3) is 0 Å². The molecule has 152 valence electrons. The fraction of sp³-hybridized carbons (Fsp3) is 0.0435. The molecule has 2 N–H and O–H groups in total. The summed E-state index contributed by atoms with van der Waals surface area (Å²) in [7, 11) is 0. The monoisotopic (exact) mass is 428 g/mol. The third kappa shape index (κ3) is 3.47. The number of halogens is 1. The molecule has 5 heterocycles. The van der Waals surface area contributed by atoms with Crippen molar-refractivity contribution in [2.75, 3.05) is 0 Å². The number of nitrogens with one attached hydrogen (secondary N) is 2. The van der Waals surface area contributed by atoms with E-state index in [4.69, 9.17) is 4.98 Å². The molecule has 5 aromatic rings. The molecule has 0 amide bonds. The molecule has 0 aliphatic carbocycles. The molecule has 0 aliphatic rings. The maximum absolute atomic E-state index is 13.6. The molecular weight excluding hydrogens is 411 g/mol. The summed E-state index contributed by atoms with van der Waals surface area (Å²) >= 11 is 1.07. The van der Waals surface area contributed by atoms with Gasteiger partial charge in [-0.25, -0.2) is 4.98 Å². The molecule has 5 aromatic heterocycles. The number of thiophene rings is 1. The molecule has 0 spiro atoms. The van der Waals surface area contributed by atoms with Crippen molar-refractivity contribution in [1.82, 2.24) is 30.1 Å². The molecule has 0 bridgehead atoms. The minimum atomic E-state index is -0.246. The fourth-order valence-corrected chi connectivity index (χ4v) is 4.15. The van der Waals surface area contributed by atoms with Crippen LogP contribution in [0.2, 0.25) is 0 Å². The molecule has 8 heteroatoms. The number of hydrogen-bond acceptors (Lipinski definition) is 5. The van der Waals surface area contributed by atoms with Crippen LogP contribution in [0.5, 0.6) is 0 Å². The van der Waals surface area contributed by atoms with Gasteiger partial charge in [-0.3, -0.25) is 15.1 Å². The summed E-state index contributed by atoms with van der Waals surface area (Å²) in [5, 5.41) is 9.03. The maximum Gasteiger partial charge on any atom is 0.176 e. The number of nitrogens with zero attached hydrogens (tertiary/aromatic N) is 4. The van der Waals surface area contributed by atoms with E-state index in [9.17, 15) is 4.39 Å². The first-order valence-corrected chi connectivity index (χ1v) is 10.4. The Balaban J connectivity index is 1.68. The van der Waals surface area contributed by atoms with Gasteiger partial charge in [0.1, 0.15) is 11.2 Å². The topological polar surface area (TPSA) is 83.1 Å². The van der Waals surface area contributed by atoms with Gasteiger partial charge < -0.3 is 4.98 Å². The second-order valence-electron chi connectivity index (χ2n) is 6.87. The van der Waals surface area contributed by atoms with E-state index in [1.54, 1.807) is 30.9 Å². The van der Waals surface area contributed by atoms with Crippen molar-refractivity contribution in [3.63, 3.8) is 0 Å². The van der Waals surface area contributed by atoms with Crippen molar-refractivity contribution < 1.29 is 4.39 Å². The summed E-state index contributed by atoms with van der Waals surface area (Å²) in [6.07, 6.45) is 10.8. The standard InChI is InChI=1S/C23H17FN6S/c1-3-17-15(9-13(2)14-5-4-8-25-10-14)22(30-29-17)23-27-18-12-26-11-16(21(18)28-23)19-6-7-20(24)31-19/h3-12,29H,2H2,1H3,(H,27,28)/b15-9+,17-3+. The summed E-state index contributed by atoms with van der Waals surface area (Å²) in [6, 6.07) is 7.01. The number of aromatic amines is 2. The molecule has 0 saturated carbocycles. The van der Waals surface area contributed by atoms with Crippen LogP contribution in [0.15, 0.2) is 55.6 Å². The lowest BCUT2D eigenvalue weighted by Gasteiger charge is -1.98. The van der Waals surface area contributed by atoms with Crippen LogP contribution < -0.4 is 10.6 Å². The second kappa shape index (κ2) is 7.73. The van der Waals surface area contributed by atoms with Gasteiger partial charge in [-0.05, 0) is 42.3 Å². The smallest absolute Gasteiger partial charge is 0.176 e. The second-order valence-corrected chi connectivity index (χ2v) is 7.91. The lowest BCUT2D eigenvalue weighted by molar-refractivity contribution is 0.657. The maximum atomic E-state index is 13.6. The Bertz CT molecular complexity index is 1530. The van der Waals surface area contributed by atoms with Crippen LogP contribution in [-0.2, 0) is 0 Å². The minimum Gasteiger partial charge on any atom is -0.335 e. The Morgan fingerprint density at radius 2 is 2.06 bits per heavy atom. The Morgan fingerprint density at radius 1 is 1.16 bits per heavy atom. The normalized spacial score (nSPS) is 12.7. The number of rotatable bonds is 4. The highest BCUT2D eigenvalue weighted by atomic mass is 32.1. The summed E-state index contributed by atoms with van der Waals surface area (Å²) < 4.78 is 13.6. The van der Waals surface area contributed by atoms with E-state index in [1.807, 2.05) is 31.2 Å². The van der Waals surface area contributed by atoms with Gasteiger partial charge in [0, 0.05) is 34.2 Å². The van der Waals surface area contributed by atoms with Gasteiger partial charge in [0.05, 0.1) is 17.1 Å². The van der Waals surface area contributed by atoms with E-state index in [0.29, 0.717) is 17.0 Å². The molecule has 0 aromatic carbocycles. The first kappa shape index (κ1) is 19.1. The van der Waals surface area contributed by atoms with Gasteiger partial charge in [0.2, 0.25) is 0 Å². The molecular formula is C23H17FN6S. The largest absolute Gasteiger partial charge is 0.335 e. The minimum absolute atomic E-state index is 0.246. The summed E-state index contributed by atoms with van der Waals surface area (Å²) in [5.74, 6) is 0.593. The quantitative estimate of drug-likeness (QED) is 0.455. The van der Waals surface area contributed by atoms with E-state index in [1.165, 1.54) is 6.07 Å². The average molecular weight is 428 g/mol. The third-order valence-corrected chi connectivity index (χ3v) is 5.84. The Hall–Kier alpha value is -3.91. The summed E-state index contributed by atoms with van der Waals surface area (Å²) in [5.41, 5.74) is 4.64. The van der Waals surface area contributed by atoms with Crippen molar-refractivity contribution in [1.29, 1.82) is 0 Å². The Kier molecular flexibility index (Phi) is 4.76. The highest BCUT2D eigenvalue weighted by Crippen LogP contribution is 2.32. The zero-order valence-corrected chi connectivity index (χ0v) is 17.4. The van der Waals surface area contributed by atoms with Crippen molar-refractivity contribution in [2.45, 2.75) is 6.92 Å². The Morgan fingerprint density at radius 3 is 2.81 bits per heavy atom. The van der Waals surface area contributed by atoms with Crippen LogP contribution in [0.25, 0.3) is 50.7 Å². The first-order chi connectivity index (χ1) is 15.1. The van der Waals surface area contributed by atoms with E-state index in [0.717, 1.165) is 49.0 Å². The van der Waals surface area contributed by atoms with Gasteiger partial charge in [-0.2, -0.15) is 9.49 Å². The molecule has 0 radical (unpaired) electrons. The lowest BCUT2D eigenvalue weighted by atomic mass is 10.1. The van der Waals surface area contributed by atoms with Gasteiger partial charge in [-0.15, -0.1) is 11.3 Å². The van der Waals surface area contributed by atoms with Crippen molar-refractivity contribution in [3.05, 3.63) is 76.9 Å². The van der Waals surface area contributed by atoms with Crippen LogP contribution in [0.4, 0.5) is 4.39 Å². The number of fused-ring (bicyclic) bond motifs is 1. The third-order valence-electron chi connectivity index (χ3n) is 4.93. The van der Waals surface area contributed by atoms with Crippen molar-refractivity contribution in [3.8, 4) is 22.0 Å². The van der Waals surface area contributed by atoms with E-state index >= 15 is 0 Å². The summed E-state index contributed by atoms with van der Waals surface area (Å²) in [4.78, 5) is 17.3. The van der Waals surface area contributed by atoms with E-state index in [2.05, 4.69) is 31.7 Å². The molecule has 0 fully saturated rings. The van der Waals surface area contributed by atoms with Crippen LogP contribution in [-0.4, -0.2) is 30.1 Å². The molecule has 5 rings (SSSR count). The lowest BCUT2D eigenvalue weighted by Crippen LogP contribution is -2.23. The van der Waals surface area contributed by atoms with Crippen LogP contribution >= 0.6 is 11.3 Å². The molecule has 0 atom stereocenters. The predicted octanol–water partition coefficient (Wildman–Crippen LogP) is 3.90. The first-order valence-electron chi connectivity index (χ1n) is 9.55. The Labute approximate surface area is 180 Å². The van der Waals surface area contributed by atoms with E-state index < -0.39 is 0 Å². The number of H-pyrrole nitrogens is 2. The van der Waals surface area contributed by atoms with E-state index in [-0.39, 0.29) is 5.13 Å². The molecule has 0 aliphatic heterocycles. The van der Waals surface area contributed by atoms with Gasteiger partial charge >= 0.3 is 0 Å². The van der Waals surface area contributed by atoms with Crippen LogP contribution in [0, 0.1) is 5.13 Å². The number of imidazole rings is 1. The highest BCUT2D eigenvalue weighted by molar-refractivity contribution is 7.14. The highest BCUT2D eigenvalue weighted by Gasteiger charge is 2.15. The molecule has 6 nitrogen and oxygen atoms in total. The van der Waals surface area contributed by atoms with Crippen LogP contribution in [0.1, 0.15) is 12.5 Å².